The maximum absolute atomic E-state index is 13.6. The summed E-state index contributed by atoms with van der Waals surface area (Å²) in [6.45, 7) is 2.74. The molecule has 9 nitrogen and oxygen atoms in total. The third kappa shape index (κ3) is 9.42. The minimum absolute atomic E-state index is 0.113. The first-order valence-corrected chi connectivity index (χ1v) is 15.3. The Morgan fingerprint density at radius 1 is 1.04 bits per heavy atom. The Labute approximate surface area is 261 Å². The van der Waals surface area contributed by atoms with Gasteiger partial charge in [-0.1, -0.05) is 36.4 Å². The Morgan fingerprint density at radius 3 is 2.67 bits per heavy atom. The largest absolute Gasteiger partial charge is 0.492 e. The standard InChI is InChI=1S/C34H38F2N6O3/c35-26-19-27(36)21-29(20-26)45-18-17-42(15-5-4-10-28-12-11-25-9-6-14-38-32(25)40-28)16-13-31(34(43)44)41-33-30(22-37-23-39-33)24-7-2-1-3-8-24/h1-3,7-8,11-12,19-23,31H,4-6,9-10,13-18H2,(H,38,40)(H,43,44)(H,37,39,41). The number of halogens is 2. The summed E-state index contributed by atoms with van der Waals surface area (Å²) in [5.74, 6) is -0.866. The molecule has 236 valence electrons. The van der Waals surface area contributed by atoms with Gasteiger partial charge >= 0.3 is 5.97 Å². The number of fused-ring (bicyclic) bond motifs is 1. The molecule has 0 fully saturated rings. The zero-order chi connectivity index (χ0) is 31.4. The number of ether oxygens (including phenoxy) is 1. The van der Waals surface area contributed by atoms with Gasteiger partial charge in [-0.25, -0.2) is 28.5 Å². The fourth-order valence-electron chi connectivity index (χ4n) is 5.40. The van der Waals surface area contributed by atoms with Gasteiger partial charge in [-0.15, -0.1) is 0 Å². The van der Waals surface area contributed by atoms with E-state index in [0.29, 0.717) is 37.4 Å². The summed E-state index contributed by atoms with van der Waals surface area (Å²) in [6.07, 6.45) is 8.10. The lowest BCUT2D eigenvalue weighted by Crippen LogP contribution is -2.37. The number of hydrogen-bond acceptors (Lipinski definition) is 8. The minimum Gasteiger partial charge on any atom is -0.492 e. The Balaban J connectivity index is 1.20. The fourth-order valence-corrected chi connectivity index (χ4v) is 5.40. The number of hydrogen-bond donors (Lipinski definition) is 3. The van der Waals surface area contributed by atoms with Crippen LogP contribution in [0.3, 0.4) is 0 Å². The first-order chi connectivity index (χ1) is 21.9. The van der Waals surface area contributed by atoms with E-state index in [4.69, 9.17) is 9.72 Å². The number of carboxylic acid groups (broad SMARTS) is 1. The Kier molecular flexibility index (Phi) is 11.2. The van der Waals surface area contributed by atoms with Gasteiger partial charge < -0.3 is 20.5 Å². The van der Waals surface area contributed by atoms with Crippen molar-refractivity contribution in [3.63, 3.8) is 0 Å². The third-order valence-corrected chi connectivity index (χ3v) is 7.76. The van der Waals surface area contributed by atoms with Gasteiger partial charge in [0, 0.05) is 55.3 Å². The number of rotatable bonds is 16. The van der Waals surface area contributed by atoms with E-state index in [-0.39, 0.29) is 12.4 Å². The molecule has 1 atom stereocenters. The molecule has 0 amide bonds. The van der Waals surface area contributed by atoms with Gasteiger partial charge in [-0.2, -0.15) is 0 Å². The first kappa shape index (κ1) is 31.8. The molecule has 5 rings (SSSR count). The number of anilines is 2. The quantitative estimate of drug-likeness (QED) is 0.134. The fraction of sp³-hybridized carbons (Fsp3) is 0.353. The van der Waals surface area contributed by atoms with E-state index in [9.17, 15) is 18.7 Å². The van der Waals surface area contributed by atoms with Crippen LogP contribution < -0.4 is 15.4 Å². The van der Waals surface area contributed by atoms with E-state index in [1.54, 1.807) is 6.20 Å². The molecule has 0 saturated heterocycles. The lowest BCUT2D eigenvalue weighted by molar-refractivity contribution is -0.138. The van der Waals surface area contributed by atoms with Gasteiger partial charge in [0.2, 0.25) is 0 Å². The van der Waals surface area contributed by atoms with Crippen molar-refractivity contribution in [3.8, 4) is 16.9 Å². The highest BCUT2D eigenvalue weighted by atomic mass is 19.1. The molecule has 0 aliphatic carbocycles. The highest BCUT2D eigenvalue weighted by molar-refractivity contribution is 5.81. The van der Waals surface area contributed by atoms with Crippen molar-refractivity contribution < 1.29 is 23.4 Å². The lowest BCUT2D eigenvalue weighted by atomic mass is 10.1. The molecule has 4 aromatic rings. The summed E-state index contributed by atoms with van der Waals surface area (Å²) in [5, 5.41) is 16.6. The second-order valence-electron chi connectivity index (χ2n) is 11.1. The highest BCUT2D eigenvalue weighted by Crippen LogP contribution is 2.26. The number of pyridine rings is 1. The van der Waals surface area contributed by atoms with Gasteiger partial charge in [0.15, 0.2) is 0 Å². The maximum Gasteiger partial charge on any atom is 0.326 e. The van der Waals surface area contributed by atoms with Gasteiger partial charge in [-0.05, 0) is 62.3 Å². The topological polar surface area (TPSA) is 112 Å². The molecule has 0 radical (unpaired) electrons. The molecular weight excluding hydrogens is 578 g/mol. The number of carbonyl (C=O) groups is 1. The molecule has 3 N–H and O–H groups in total. The Bertz CT molecular complexity index is 1540. The second kappa shape index (κ2) is 15.9. The summed E-state index contributed by atoms with van der Waals surface area (Å²) in [7, 11) is 0. The molecule has 45 heavy (non-hydrogen) atoms. The maximum atomic E-state index is 13.6. The normalized spacial score (nSPS) is 13.1. The van der Waals surface area contributed by atoms with Crippen molar-refractivity contribution in [3.05, 3.63) is 96.1 Å². The average molecular weight is 617 g/mol. The number of aliphatic carboxylic acids is 1. The van der Waals surface area contributed by atoms with Crippen molar-refractivity contribution in [2.75, 3.05) is 43.4 Å². The number of carboxylic acids is 1. The van der Waals surface area contributed by atoms with Crippen LogP contribution in [0.1, 0.15) is 36.9 Å². The average Bonchev–Trinajstić information content (AvgIpc) is 3.04. The second-order valence-corrected chi connectivity index (χ2v) is 11.1. The number of aromatic nitrogens is 3. The van der Waals surface area contributed by atoms with Crippen molar-refractivity contribution in [2.24, 2.45) is 0 Å². The number of benzene rings is 2. The van der Waals surface area contributed by atoms with Gasteiger partial charge in [0.1, 0.15) is 48.0 Å². The SMILES string of the molecule is O=C(O)C(CCN(CCCCc1ccc2c(n1)NCCC2)CCOc1cc(F)cc(F)c1)Nc1ncncc1-c1ccccc1. The molecule has 0 bridgehead atoms. The summed E-state index contributed by atoms with van der Waals surface area (Å²) in [5.41, 5.74) is 3.89. The summed E-state index contributed by atoms with van der Waals surface area (Å²) < 4.78 is 32.9. The van der Waals surface area contributed by atoms with Crippen molar-refractivity contribution in [1.82, 2.24) is 19.9 Å². The smallest absolute Gasteiger partial charge is 0.326 e. The monoisotopic (exact) mass is 616 g/mol. The predicted octanol–water partition coefficient (Wildman–Crippen LogP) is 5.83. The number of unbranched alkanes of at least 4 members (excludes halogenated alkanes) is 1. The molecular formula is C34H38F2N6O3. The molecule has 0 spiro atoms. The zero-order valence-electron chi connectivity index (χ0n) is 25.1. The minimum atomic E-state index is -0.994. The molecule has 1 unspecified atom stereocenters. The lowest BCUT2D eigenvalue weighted by Gasteiger charge is -2.25. The molecule has 3 heterocycles. The van der Waals surface area contributed by atoms with E-state index in [0.717, 1.165) is 73.9 Å². The van der Waals surface area contributed by atoms with Crippen LogP contribution >= 0.6 is 0 Å². The Hall–Kier alpha value is -4.64. The summed E-state index contributed by atoms with van der Waals surface area (Å²) in [4.78, 5) is 27.7. The van der Waals surface area contributed by atoms with Gasteiger partial charge in [0.05, 0.1) is 0 Å². The van der Waals surface area contributed by atoms with E-state index >= 15 is 0 Å². The van der Waals surface area contributed by atoms with Crippen molar-refractivity contribution in [2.45, 2.75) is 44.6 Å². The van der Waals surface area contributed by atoms with Crippen LogP contribution in [0, 0.1) is 11.6 Å². The first-order valence-electron chi connectivity index (χ1n) is 15.3. The van der Waals surface area contributed by atoms with Crippen molar-refractivity contribution >= 4 is 17.6 Å². The number of aryl methyl sites for hydroxylation is 2. The molecule has 1 aliphatic heterocycles. The third-order valence-electron chi connectivity index (χ3n) is 7.76. The summed E-state index contributed by atoms with van der Waals surface area (Å²) >= 11 is 0. The predicted molar refractivity (Wildman–Crippen MR) is 169 cm³/mol. The van der Waals surface area contributed by atoms with E-state index < -0.39 is 23.6 Å². The summed E-state index contributed by atoms with van der Waals surface area (Å²) in [6, 6.07) is 16.0. The molecule has 0 saturated carbocycles. The van der Waals surface area contributed by atoms with Crippen LogP contribution in [0.5, 0.6) is 5.75 Å². The number of nitrogens with zero attached hydrogens (tertiary/aromatic N) is 4. The van der Waals surface area contributed by atoms with E-state index in [2.05, 4.69) is 37.6 Å². The van der Waals surface area contributed by atoms with E-state index in [1.165, 1.54) is 11.9 Å². The van der Waals surface area contributed by atoms with Crippen LogP contribution in [0.2, 0.25) is 0 Å². The van der Waals surface area contributed by atoms with Crippen molar-refractivity contribution in [1.29, 1.82) is 0 Å². The van der Waals surface area contributed by atoms with Gasteiger partial charge in [0.25, 0.3) is 0 Å². The van der Waals surface area contributed by atoms with Gasteiger partial charge in [-0.3, -0.25) is 4.90 Å². The van der Waals surface area contributed by atoms with Crippen LogP contribution in [0.25, 0.3) is 11.1 Å². The Morgan fingerprint density at radius 2 is 1.87 bits per heavy atom. The highest BCUT2D eigenvalue weighted by Gasteiger charge is 2.21. The zero-order valence-corrected chi connectivity index (χ0v) is 25.1. The number of nitrogens with one attached hydrogen (secondary N) is 2. The van der Waals surface area contributed by atoms with Crippen LogP contribution in [0.4, 0.5) is 20.4 Å². The van der Waals surface area contributed by atoms with Crippen LogP contribution in [-0.2, 0) is 17.6 Å². The van der Waals surface area contributed by atoms with E-state index in [1.807, 2.05) is 30.3 Å². The molecule has 2 aromatic heterocycles. The molecule has 1 aliphatic rings. The van der Waals surface area contributed by atoms with Crippen LogP contribution in [-0.4, -0.2) is 69.8 Å². The molecule has 11 heteroatoms. The van der Waals surface area contributed by atoms with Crippen LogP contribution in [0.15, 0.2) is 73.2 Å². The molecule has 2 aromatic carbocycles.